The number of benzene rings is 1. The molecule has 0 radical (unpaired) electrons. The molecule has 0 atom stereocenters. The van der Waals surface area contributed by atoms with E-state index < -0.39 is 22.8 Å². The van der Waals surface area contributed by atoms with Gasteiger partial charge in [0.25, 0.3) is 5.56 Å². The van der Waals surface area contributed by atoms with E-state index in [1.807, 2.05) is 6.92 Å². The molecule has 0 saturated carbocycles. The highest BCUT2D eigenvalue weighted by molar-refractivity contribution is 7.99. The fourth-order valence-corrected chi connectivity index (χ4v) is 4.08. The van der Waals surface area contributed by atoms with Crippen LogP contribution < -0.4 is 21.7 Å². The Kier molecular flexibility index (Phi) is 8.05. The minimum atomic E-state index is -0.744. The van der Waals surface area contributed by atoms with Gasteiger partial charge in [-0.1, -0.05) is 36.9 Å². The highest BCUT2D eigenvalue weighted by atomic mass is 32.2. The molecule has 0 unspecified atom stereocenters. The number of carbonyl (C=O) groups is 1. The number of thioether (sulfide) groups is 1. The average molecular weight is 489 g/mol. The van der Waals surface area contributed by atoms with Crippen LogP contribution in [0.25, 0.3) is 0 Å². The van der Waals surface area contributed by atoms with Crippen LogP contribution in [0.1, 0.15) is 29.5 Å². The molecule has 10 nitrogen and oxygen atoms in total. The first-order valence-corrected chi connectivity index (χ1v) is 11.4. The van der Waals surface area contributed by atoms with Crippen LogP contribution in [-0.4, -0.2) is 35.4 Å². The molecule has 1 aromatic carbocycles. The van der Waals surface area contributed by atoms with Gasteiger partial charge in [0.05, 0.1) is 5.75 Å². The molecule has 3 aromatic rings. The molecule has 0 spiro atoms. The van der Waals surface area contributed by atoms with Crippen LogP contribution in [0.3, 0.4) is 0 Å². The fourth-order valence-electron chi connectivity index (χ4n) is 3.24. The minimum absolute atomic E-state index is 0.0499. The van der Waals surface area contributed by atoms with Gasteiger partial charge in [0.15, 0.2) is 28.3 Å². The molecule has 12 heteroatoms. The molecule has 0 bridgehead atoms. The first-order valence-electron chi connectivity index (χ1n) is 10.5. The number of hydrogen-bond donors (Lipinski definition) is 1. The number of aromatic nitrogens is 5. The lowest BCUT2D eigenvalue weighted by atomic mass is 10.2. The molecule has 34 heavy (non-hydrogen) atoms. The van der Waals surface area contributed by atoms with E-state index in [1.165, 1.54) is 23.7 Å². The number of ketones is 1. The number of carbonyl (C=O) groups excluding carboxylic acids is 1. The lowest BCUT2D eigenvalue weighted by Crippen LogP contribution is -2.42. The third-order valence-electron chi connectivity index (χ3n) is 4.94. The first-order chi connectivity index (χ1) is 16.3. The summed E-state index contributed by atoms with van der Waals surface area (Å²) in [4.78, 5) is 37.8. The van der Waals surface area contributed by atoms with Crippen molar-refractivity contribution in [1.29, 1.82) is 0 Å². The Balaban J connectivity index is 1.81. The third-order valence-corrected chi connectivity index (χ3v) is 5.91. The maximum Gasteiger partial charge on any atom is 0.332 e. The van der Waals surface area contributed by atoms with E-state index in [0.717, 1.165) is 16.3 Å². The summed E-state index contributed by atoms with van der Waals surface area (Å²) in [5.41, 5.74) is 4.48. The van der Waals surface area contributed by atoms with Gasteiger partial charge in [-0.05, 0) is 18.6 Å². The Morgan fingerprint density at radius 2 is 2.00 bits per heavy atom. The van der Waals surface area contributed by atoms with Gasteiger partial charge < -0.3 is 10.5 Å². The van der Waals surface area contributed by atoms with Crippen LogP contribution >= 0.6 is 11.8 Å². The maximum atomic E-state index is 13.8. The van der Waals surface area contributed by atoms with Gasteiger partial charge >= 0.3 is 5.69 Å². The van der Waals surface area contributed by atoms with Crippen molar-refractivity contribution in [1.82, 2.24) is 23.9 Å². The van der Waals surface area contributed by atoms with Gasteiger partial charge in [-0.15, -0.1) is 16.8 Å². The van der Waals surface area contributed by atoms with Crippen LogP contribution in [0.4, 0.5) is 10.2 Å². The van der Waals surface area contributed by atoms with E-state index in [0.29, 0.717) is 23.9 Å². The molecule has 0 aliphatic carbocycles. The molecule has 0 aliphatic rings. The molecule has 0 fully saturated rings. The summed E-state index contributed by atoms with van der Waals surface area (Å²) in [6.07, 6.45) is 2.23. The van der Waals surface area contributed by atoms with Crippen LogP contribution in [0, 0.1) is 5.82 Å². The van der Waals surface area contributed by atoms with Crippen molar-refractivity contribution in [2.45, 2.75) is 38.2 Å². The maximum absolute atomic E-state index is 13.8. The first kappa shape index (κ1) is 25.0. The number of halogens is 1. The molecule has 0 aliphatic heterocycles. The molecule has 2 N–H and O–H groups in total. The quantitative estimate of drug-likeness (QED) is 0.247. The molecule has 0 amide bonds. The van der Waals surface area contributed by atoms with Crippen LogP contribution in [0.2, 0.25) is 0 Å². The third kappa shape index (κ3) is 5.11. The van der Waals surface area contributed by atoms with E-state index >= 15 is 0 Å². The molecular weight excluding hydrogens is 463 g/mol. The highest BCUT2D eigenvalue weighted by Crippen LogP contribution is 2.21. The van der Waals surface area contributed by atoms with E-state index in [4.69, 9.17) is 10.5 Å². The Morgan fingerprint density at radius 1 is 1.26 bits per heavy atom. The van der Waals surface area contributed by atoms with Crippen molar-refractivity contribution in [3.8, 4) is 5.75 Å². The molecule has 180 valence electrons. The molecule has 2 heterocycles. The zero-order chi connectivity index (χ0) is 24.8. The van der Waals surface area contributed by atoms with E-state index in [1.54, 1.807) is 22.8 Å². The van der Waals surface area contributed by atoms with Crippen molar-refractivity contribution < 1.29 is 13.9 Å². The Bertz CT molecular complexity index is 1330. The van der Waals surface area contributed by atoms with Crippen molar-refractivity contribution >= 4 is 23.4 Å². The topological polar surface area (TPSA) is 127 Å². The zero-order valence-corrected chi connectivity index (χ0v) is 19.7. The number of nitrogen functional groups attached to an aromatic ring is 1. The van der Waals surface area contributed by atoms with Crippen LogP contribution in [-0.2, 0) is 26.7 Å². The number of anilines is 1. The summed E-state index contributed by atoms with van der Waals surface area (Å²) in [7, 11) is 1.31. The van der Waals surface area contributed by atoms with E-state index in [2.05, 4.69) is 16.8 Å². The van der Waals surface area contributed by atoms with Crippen LogP contribution in [0.15, 0.2) is 51.7 Å². The van der Waals surface area contributed by atoms with E-state index in [-0.39, 0.29) is 36.0 Å². The molecule has 2 aromatic heterocycles. The second-order valence-electron chi connectivity index (χ2n) is 7.29. The summed E-state index contributed by atoms with van der Waals surface area (Å²) < 4.78 is 23.1. The number of para-hydroxylation sites is 1. The smallest absolute Gasteiger partial charge is 0.332 e. The second-order valence-corrected chi connectivity index (χ2v) is 8.23. The van der Waals surface area contributed by atoms with Crippen LogP contribution in [0.5, 0.6) is 5.75 Å². The predicted octanol–water partition coefficient (Wildman–Crippen LogP) is 2.01. The molecule has 0 saturated heterocycles. The lowest BCUT2D eigenvalue weighted by molar-refractivity contribution is 0.102. The molecule has 3 rings (SSSR count). The summed E-state index contributed by atoms with van der Waals surface area (Å²) in [5, 5.41) is 8.56. The normalized spacial score (nSPS) is 10.9. The lowest BCUT2D eigenvalue weighted by Gasteiger charge is -2.13. The highest BCUT2D eigenvalue weighted by Gasteiger charge is 2.22. The van der Waals surface area contributed by atoms with Crippen molar-refractivity contribution in [3.05, 3.63) is 75.0 Å². The van der Waals surface area contributed by atoms with Crippen molar-refractivity contribution in [3.63, 3.8) is 0 Å². The van der Waals surface area contributed by atoms with Gasteiger partial charge in [-0.25, -0.2) is 9.18 Å². The van der Waals surface area contributed by atoms with Crippen molar-refractivity contribution in [2.24, 2.45) is 7.05 Å². The number of hydrogen-bond acceptors (Lipinski definition) is 8. The summed E-state index contributed by atoms with van der Waals surface area (Å²) in [5.74, 6) is -0.857. The van der Waals surface area contributed by atoms with Gasteiger partial charge in [-0.2, -0.15) is 0 Å². The minimum Gasteiger partial charge on any atom is -0.483 e. The number of Topliss-reactive ketones (excluding diaryl/α,β-unsaturated/α-hetero) is 1. The Morgan fingerprint density at radius 3 is 2.68 bits per heavy atom. The SMILES string of the molecule is C=CCn1c(COc2ccccc2F)nnc1SCC(=O)c1c(N)n(CCC)c(=O)n(C)c1=O. The van der Waals surface area contributed by atoms with Gasteiger partial charge in [0, 0.05) is 20.1 Å². The van der Waals surface area contributed by atoms with Gasteiger partial charge in [-0.3, -0.25) is 23.3 Å². The average Bonchev–Trinajstić information content (AvgIpc) is 3.20. The predicted molar refractivity (Wildman–Crippen MR) is 127 cm³/mol. The number of nitrogens with two attached hydrogens (primary N) is 1. The number of rotatable bonds is 11. The van der Waals surface area contributed by atoms with Gasteiger partial charge in [0.1, 0.15) is 18.0 Å². The van der Waals surface area contributed by atoms with E-state index in [9.17, 15) is 18.8 Å². The second kappa shape index (κ2) is 11.0. The molecular formula is C22H25FN6O4S. The van der Waals surface area contributed by atoms with Crippen molar-refractivity contribution in [2.75, 3.05) is 11.5 Å². The fraction of sp³-hybridized carbons (Fsp3) is 0.318. The summed E-state index contributed by atoms with van der Waals surface area (Å²) in [6, 6.07) is 6.00. The Labute approximate surface area is 198 Å². The standard InChI is InChI=1S/C22H25FN6O4S/c1-4-10-28-17(12-33-16-9-7-6-8-14(16)23)25-26-21(28)34-13-15(30)18-19(24)29(11-5-2)22(32)27(3)20(18)31/h4,6-9H,1,5,10-13,24H2,2-3H3. The van der Waals surface area contributed by atoms with Gasteiger partial charge in [0.2, 0.25) is 0 Å². The summed E-state index contributed by atoms with van der Waals surface area (Å²) >= 11 is 1.05. The summed E-state index contributed by atoms with van der Waals surface area (Å²) in [6.45, 7) is 6.13. The number of nitrogens with zero attached hydrogens (tertiary/aromatic N) is 5. The Hall–Kier alpha value is -3.67. The number of ether oxygens (including phenoxy) is 1. The zero-order valence-electron chi connectivity index (χ0n) is 18.9. The number of allylic oxidation sites excluding steroid dienone is 1. The largest absolute Gasteiger partial charge is 0.483 e. The monoisotopic (exact) mass is 488 g/mol.